The van der Waals surface area contributed by atoms with Gasteiger partial charge in [0, 0.05) is 31.4 Å². The number of aromatic nitrogens is 1. The number of fused-ring (bicyclic) bond motifs is 1. The Balaban J connectivity index is 1.90. The van der Waals surface area contributed by atoms with Gasteiger partial charge in [-0.3, -0.25) is 0 Å². The Labute approximate surface area is 103 Å². The summed E-state index contributed by atoms with van der Waals surface area (Å²) in [7, 11) is 0. The van der Waals surface area contributed by atoms with Gasteiger partial charge in [-0.15, -0.1) is 0 Å². The summed E-state index contributed by atoms with van der Waals surface area (Å²) in [5.41, 5.74) is 2.55. The zero-order valence-electron chi connectivity index (χ0n) is 10.7. The van der Waals surface area contributed by atoms with Crippen LogP contribution in [-0.2, 0) is 6.42 Å². The van der Waals surface area contributed by atoms with Crippen molar-refractivity contribution >= 4 is 5.82 Å². The SMILES string of the molecule is CCc1cc(C)cc(N2CC[C@@H]3CNC[C@@H]32)n1. The van der Waals surface area contributed by atoms with Gasteiger partial charge in [0.2, 0.25) is 0 Å². The maximum absolute atomic E-state index is 4.79. The predicted octanol–water partition coefficient (Wildman–Crippen LogP) is 1.75. The van der Waals surface area contributed by atoms with Crippen LogP contribution in [0.5, 0.6) is 0 Å². The lowest BCUT2D eigenvalue weighted by molar-refractivity contribution is 0.577. The molecule has 0 amide bonds. The molecule has 0 bridgehead atoms. The van der Waals surface area contributed by atoms with Gasteiger partial charge in [-0.1, -0.05) is 6.92 Å². The highest BCUT2D eigenvalue weighted by Gasteiger charge is 2.38. The third-order valence-electron chi connectivity index (χ3n) is 4.11. The zero-order valence-corrected chi connectivity index (χ0v) is 10.7. The highest BCUT2D eigenvalue weighted by Crippen LogP contribution is 2.31. The first-order chi connectivity index (χ1) is 8.28. The maximum atomic E-state index is 4.79. The lowest BCUT2D eigenvalue weighted by Gasteiger charge is -2.25. The van der Waals surface area contributed by atoms with Crippen molar-refractivity contribution in [1.29, 1.82) is 0 Å². The van der Waals surface area contributed by atoms with E-state index in [-0.39, 0.29) is 0 Å². The molecule has 3 rings (SSSR count). The van der Waals surface area contributed by atoms with Crippen LogP contribution in [0.15, 0.2) is 12.1 Å². The van der Waals surface area contributed by atoms with Crippen molar-refractivity contribution in [2.24, 2.45) is 5.92 Å². The summed E-state index contributed by atoms with van der Waals surface area (Å²) < 4.78 is 0. The molecule has 92 valence electrons. The first-order valence-electron chi connectivity index (χ1n) is 6.73. The summed E-state index contributed by atoms with van der Waals surface area (Å²) in [6.45, 7) is 7.84. The van der Waals surface area contributed by atoms with Crippen LogP contribution in [0, 0.1) is 12.8 Å². The van der Waals surface area contributed by atoms with E-state index in [1.54, 1.807) is 0 Å². The van der Waals surface area contributed by atoms with Gasteiger partial charge in [-0.05, 0) is 43.4 Å². The van der Waals surface area contributed by atoms with E-state index in [4.69, 9.17) is 4.98 Å². The Morgan fingerprint density at radius 3 is 3.12 bits per heavy atom. The number of rotatable bonds is 2. The topological polar surface area (TPSA) is 28.2 Å². The van der Waals surface area contributed by atoms with Gasteiger partial charge in [-0.2, -0.15) is 0 Å². The minimum Gasteiger partial charge on any atom is -0.352 e. The summed E-state index contributed by atoms with van der Waals surface area (Å²) in [6, 6.07) is 5.11. The second kappa shape index (κ2) is 4.30. The van der Waals surface area contributed by atoms with Crippen molar-refractivity contribution in [1.82, 2.24) is 10.3 Å². The summed E-state index contributed by atoms with van der Waals surface area (Å²) in [5, 5.41) is 3.50. The number of nitrogens with zero attached hydrogens (tertiary/aromatic N) is 2. The molecule has 2 aliphatic heterocycles. The van der Waals surface area contributed by atoms with E-state index in [1.807, 2.05) is 0 Å². The van der Waals surface area contributed by atoms with Crippen molar-refractivity contribution in [3.05, 3.63) is 23.4 Å². The number of hydrogen-bond acceptors (Lipinski definition) is 3. The Hall–Kier alpha value is -1.09. The molecular formula is C14H21N3. The average molecular weight is 231 g/mol. The second-order valence-electron chi connectivity index (χ2n) is 5.32. The Morgan fingerprint density at radius 1 is 1.41 bits per heavy atom. The first kappa shape index (κ1) is 11.0. The number of nitrogens with one attached hydrogen (secondary N) is 1. The minimum absolute atomic E-state index is 0.675. The molecule has 0 saturated carbocycles. The first-order valence-corrected chi connectivity index (χ1v) is 6.73. The highest BCUT2D eigenvalue weighted by atomic mass is 15.3. The number of pyridine rings is 1. The molecule has 1 aromatic rings. The normalized spacial score (nSPS) is 27.5. The van der Waals surface area contributed by atoms with Crippen LogP contribution < -0.4 is 10.2 Å². The van der Waals surface area contributed by atoms with Crippen molar-refractivity contribution in [3.63, 3.8) is 0 Å². The molecule has 0 aromatic carbocycles. The highest BCUT2D eigenvalue weighted by molar-refractivity contribution is 5.45. The molecule has 3 heterocycles. The average Bonchev–Trinajstić information content (AvgIpc) is 2.89. The van der Waals surface area contributed by atoms with E-state index >= 15 is 0 Å². The van der Waals surface area contributed by atoms with Gasteiger partial charge in [-0.25, -0.2) is 4.98 Å². The van der Waals surface area contributed by atoms with E-state index in [1.165, 1.54) is 36.6 Å². The molecule has 2 fully saturated rings. The lowest BCUT2D eigenvalue weighted by Crippen LogP contribution is -2.34. The third kappa shape index (κ3) is 1.93. The molecule has 0 spiro atoms. The molecule has 2 aliphatic rings. The zero-order chi connectivity index (χ0) is 11.8. The van der Waals surface area contributed by atoms with Crippen LogP contribution in [0.1, 0.15) is 24.6 Å². The maximum Gasteiger partial charge on any atom is 0.129 e. The fourth-order valence-electron chi connectivity index (χ4n) is 3.18. The van der Waals surface area contributed by atoms with Gasteiger partial charge < -0.3 is 10.2 Å². The number of anilines is 1. The molecule has 0 unspecified atom stereocenters. The fourth-order valence-corrected chi connectivity index (χ4v) is 3.18. The van der Waals surface area contributed by atoms with Gasteiger partial charge in [0.05, 0.1) is 0 Å². The Morgan fingerprint density at radius 2 is 2.29 bits per heavy atom. The van der Waals surface area contributed by atoms with Crippen LogP contribution >= 0.6 is 0 Å². The smallest absolute Gasteiger partial charge is 0.129 e. The van der Waals surface area contributed by atoms with E-state index in [9.17, 15) is 0 Å². The van der Waals surface area contributed by atoms with Crippen LogP contribution in [0.2, 0.25) is 0 Å². The molecule has 3 nitrogen and oxygen atoms in total. The molecule has 0 radical (unpaired) electrons. The molecule has 17 heavy (non-hydrogen) atoms. The van der Waals surface area contributed by atoms with Crippen molar-refractivity contribution in [2.75, 3.05) is 24.5 Å². The molecule has 1 N–H and O–H groups in total. The summed E-state index contributed by atoms with van der Waals surface area (Å²) in [6.07, 6.45) is 2.34. The van der Waals surface area contributed by atoms with Gasteiger partial charge >= 0.3 is 0 Å². The molecule has 2 atom stereocenters. The predicted molar refractivity (Wildman–Crippen MR) is 70.5 cm³/mol. The van der Waals surface area contributed by atoms with Crippen LogP contribution in [0.25, 0.3) is 0 Å². The van der Waals surface area contributed by atoms with E-state index in [2.05, 4.69) is 36.2 Å². The Bertz CT molecular complexity index is 416. The summed E-state index contributed by atoms with van der Waals surface area (Å²) in [5.74, 6) is 2.03. The van der Waals surface area contributed by atoms with E-state index < -0.39 is 0 Å². The molecule has 3 heteroatoms. The second-order valence-corrected chi connectivity index (χ2v) is 5.32. The van der Waals surface area contributed by atoms with E-state index in [0.29, 0.717) is 6.04 Å². The standard InChI is InChI=1S/C14H21N3/c1-3-12-6-10(2)7-14(16-12)17-5-4-11-8-15-9-13(11)17/h6-7,11,13,15H,3-5,8-9H2,1-2H3/t11-,13+/m1/s1. The number of aryl methyl sites for hydroxylation is 2. The molecule has 1 aromatic heterocycles. The largest absolute Gasteiger partial charge is 0.352 e. The molecular weight excluding hydrogens is 210 g/mol. The minimum atomic E-state index is 0.675. The van der Waals surface area contributed by atoms with Gasteiger partial charge in [0.1, 0.15) is 5.82 Å². The fraction of sp³-hybridized carbons (Fsp3) is 0.643. The van der Waals surface area contributed by atoms with Crippen molar-refractivity contribution in [2.45, 2.75) is 32.7 Å². The third-order valence-corrected chi connectivity index (χ3v) is 4.11. The van der Waals surface area contributed by atoms with Crippen LogP contribution in [0.4, 0.5) is 5.82 Å². The van der Waals surface area contributed by atoms with Crippen molar-refractivity contribution < 1.29 is 0 Å². The Kier molecular flexibility index (Phi) is 2.79. The van der Waals surface area contributed by atoms with Gasteiger partial charge in [0.25, 0.3) is 0 Å². The summed E-state index contributed by atoms with van der Waals surface area (Å²) >= 11 is 0. The quantitative estimate of drug-likeness (QED) is 0.840. The molecule has 0 aliphatic carbocycles. The van der Waals surface area contributed by atoms with Crippen molar-refractivity contribution in [3.8, 4) is 0 Å². The lowest BCUT2D eigenvalue weighted by atomic mass is 10.1. The van der Waals surface area contributed by atoms with Crippen LogP contribution in [0.3, 0.4) is 0 Å². The van der Waals surface area contributed by atoms with Crippen LogP contribution in [-0.4, -0.2) is 30.7 Å². The van der Waals surface area contributed by atoms with Gasteiger partial charge in [0.15, 0.2) is 0 Å². The monoisotopic (exact) mass is 231 g/mol. The summed E-state index contributed by atoms with van der Waals surface area (Å²) in [4.78, 5) is 7.30. The number of hydrogen-bond donors (Lipinski definition) is 1. The van der Waals surface area contributed by atoms with E-state index in [0.717, 1.165) is 18.9 Å². The molecule has 2 saturated heterocycles.